The quantitative estimate of drug-likeness (QED) is 0.578. The fourth-order valence-corrected chi connectivity index (χ4v) is 1.56. The molecule has 88 valence electrons. The van der Waals surface area contributed by atoms with Gasteiger partial charge in [-0.15, -0.1) is 0 Å². The topological polar surface area (TPSA) is 34.1 Å². The molecule has 0 heterocycles. The highest BCUT2D eigenvalue weighted by Crippen LogP contribution is 2.16. The number of hydrogen-bond acceptors (Lipinski definition) is 2. The number of rotatable bonds is 8. The first-order valence-electron chi connectivity index (χ1n) is 6.08. The van der Waals surface area contributed by atoms with Gasteiger partial charge in [-0.1, -0.05) is 40.5 Å². The Labute approximate surface area is 93.4 Å². The fraction of sp³-hybridized carbons (Fsp3) is 0.846. The van der Waals surface area contributed by atoms with Crippen LogP contribution in [-0.2, 0) is 9.59 Å². The van der Waals surface area contributed by atoms with Crippen LogP contribution in [0.25, 0.3) is 0 Å². The molecule has 0 aromatic rings. The van der Waals surface area contributed by atoms with Crippen LogP contribution in [0, 0.1) is 11.8 Å². The van der Waals surface area contributed by atoms with Crippen LogP contribution in [0.5, 0.6) is 0 Å². The first-order valence-corrected chi connectivity index (χ1v) is 6.08. The average molecular weight is 212 g/mol. The lowest BCUT2D eigenvalue weighted by Gasteiger charge is -2.13. The maximum Gasteiger partial charge on any atom is 0.143 e. The molecule has 0 amide bonds. The molecule has 0 aliphatic rings. The van der Waals surface area contributed by atoms with Gasteiger partial charge in [0, 0.05) is 11.8 Å². The van der Waals surface area contributed by atoms with Gasteiger partial charge in [0.05, 0.1) is 6.42 Å². The molecule has 1 atom stereocenters. The molecule has 1 unspecified atom stereocenters. The molecule has 0 saturated carbocycles. The van der Waals surface area contributed by atoms with Crippen LogP contribution in [0.1, 0.15) is 59.8 Å². The van der Waals surface area contributed by atoms with E-state index in [4.69, 9.17) is 0 Å². The number of carbonyl (C=O) groups is 2. The van der Waals surface area contributed by atoms with Crippen molar-refractivity contribution in [1.29, 1.82) is 0 Å². The molecule has 2 nitrogen and oxygen atoms in total. The van der Waals surface area contributed by atoms with Crippen molar-refractivity contribution in [1.82, 2.24) is 0 Å². The highest BCUT2D eigenvalue weighted by Gasteiger charge is 2.20. The smallest absolute Gasteiger partial charge is 0.143 e. The fourth-order valence-electron chi connectivity index (χ4n) is 1.56. The molecule has 0 N–H and O–H groups in total. The number of hydrogen-bond donors (Lipinski definition) is 0. The van der Waals surface area contributed by atoms with Crippen LogP contribution in [0.15, 0.2) is 0 Å². The van der Waals surface area contributed by atoms with Gasteiger partial charge in [0.15, 0.2) is 0 Å². The summed E-state index contributed by atoms with van der Waals surface area (Å²) in [4.78, 5) is 23.2. The van der Waals surface area contributed by atoms with Gasteiger partial charge in [-0.25, -0.2) is 0 Å². The second-order valence-corrected chi connectivity index (χ2v) is 4.51. The van der Waals surface area contributed by atoms with Gasteiger partial charge >= 0.3 is 0 Å². The predicted octanol–water partition coefficient (Wildman–Crippen LogP) is 3.39. The minimum atomic E-state index is -0.0161. The Morgan fingerprint density at radius 1 is 1.07 bits per heavy atom. The highest BCUT2D eigenvalue weighted by molar-refractivity contribution is 6.00. The zero-order valence-corrected chi connectivity index (χ0v) is 10.5. The molecule has 0 aliphatic heterocycles. The van der Waals surface area contributed by atoms with Crippen LogP contribution in [0.3, 0.4) is 0 Å². The first kappa shape index (κ1) is 14.3. The third-order valence-corrected chi connectivity index (χ3v) is 2.85. The van der Waals surface area contributed by atoms with Crippen molar-refractivity contribution >= 4 is 11.6 Å². The van der Waals surface area contributed by atoms with Crippen molar-refractivity contribution in [3.63, 3.8) is 0 Å². The van der Waals surface area contributed by atoms with E-state index in [-0.39, 0.29) is 29.8 Å². The summed E-state index contributed by atoms with van der Waals surface area (Å²) in [6.45, 7) is 7.85. The summed E-state index contributed by atoms with van der Waals surface area (Å²) in [5, 5.41) is 0. The minimum Gasteiger partial charge on any atom is -0.299 e. The van der Waals surface area contributed by atoms with Crippen molar-refractivity contribution in [2.75, 3.05) is 0 Å². The summed E-state index contributed by atoms with van der Waals surface area (Å²) in [6.07, 6.45) is 4.14. The Kier molecular flexibility index (Phi) is 7.27. The van der Waals surface area contributed by atoms with E-state index in [2.05, 4.69) is 6.92 Å². The van der Waals surface area contributed by atoms with E-state index in [0.717, 1.165) is 25.7 Å². The maximum absolute atomic E-state index is 11.8. The van der Waals surface area contributed by atoms with E-state index in [0.29, 0.717) is 0 Å². The molecule has 2 heteroatoms. The second-order valence-electron chi connectivity index (χ2n) is 4.51. The van der Waals surface area contributed by atoms with Crippen LogP contribution >= 0.6 is 0 Å². The SMILES string of the molecule is CCCCC(CC)C(=O)CC(=O)C(C)C. The summed E-state index contributed by atoms with van der Waals surface area (Å²) in [5.41, 5.74) is 0. The van der Waals surface area contributed by atoms with Crippen LogP contribution in [0.2, 0.25) is 0 Å². The van der Waals surface area contributed by atoms with Crippen LogP contribution < -0.4 is 0 Å². The summed E-state index contributed by atoms with van der Waals surface area (Å²) >= 11 is 0. The van der Waals surface area contributed by atoms with E-state index in [9.17, 15) is 9.59 Å². The molecule has 0 aromatic carbocycles. The molecule has 0 saturated heterocycles. The van der Waals surface area contributed by atoms with E-state index >= 15 is 0 Å². The second kappa shape index (κ2) is 7.61. The number of carbonyl (C=O) groups excluding carboxylic acids is 2. The normalized spacial score (nSPS) is 12.9. The summed E-state index contributed by atoms with van der Waals surface area (Å²) in [6, 6.07) is 0. The van der Waals surface area contributed by atoms with Gasteiger partial charge in [0.2, 0.25) is 0 Å². The van der Waals surface area contributed by atoms with E-state index in [1.165, 1.54) is 0 Å². The van der Waals surface area contributed by atoms with E-state index in [1.54, 1.807) is 0 Å². The Morgan fingerprint density at radius 3 is 2.07 bits per heavy atom. The van der Waals surface area contributed by atoms with Gasteiger partial charge < -0.3 is 0 Å². The Bertz CT molecular complexity index is 207. The average Bonchev–Trinajstić information content (AvgIpc) is 2.18. The monoisotopic (exact) mass is 212 g/mol. The van der Waals surface area contributed by atoms with Gasteiger partial charge in [-0.3, -0.25) is 9.59 Å². The molecule has 15 heavy (non-hydrogen) atoms. The first-order chi connectivity index (χ1) is 7.02. The molecular formula is C13H24O2. The Hall–Kier alpha value is -0.660. The molecule has 0 bridgehead atoms. The molecule has 0 fully saturated rings. The van der Waals surface area contributed by atoms with Crippen molar-refractivity contribution in [3.05, 3.63) is 0 Å². The number of Topliss-reactive ketones (excluding diaryl/α,β-unsaturated/α-hetero) is 2. The zero-order chi connectivity index (χ0) is 11.8. The molecule has 0 radical (unpaired) electrons. The number of unbranched alkanes of at least 4 members (excludes halogenated alkanes) is 1. The third kappa shape index (κ3) is 5.71. The Morgan fingerprint density at radius 2 is 1.67 bits per heavy atom. The molecule has 0 spiro atoms. The lowest BCUT2D eigenvalue weighted by Crippen LogP contribution is -2.20. The third-order valence-electron chi connectivity index (χ3n) is 2.85. The van der Waals surface area contributed by atoms with Gasteiger partial charge in [-0.05, 0) is 12.8 Å². The summed E-state index contributed by atoms with van der Waals surface area (Å²) in [7, 11) is 0. The van der Waals surface area contributed by atoms with E-state index in [1.807, 2.05) is 20.8 Å². The standard InChI is InChI=1S/C13H24O2/c1-5-7-8-11(6-2)13(15)9-12(14)10(3)4/h10-11H,5-9H2,1-4H3. The molecule has 0 aliphatic carbocycles. The van der Waals surface area contributed by atoms with Gasteiger partial charge in [0.25, 0.3) is 0 Å². The molecule has 0 aromatic heterocycles. The lowest BCUT2D eigenvalue weighted by molar-refractivity contribution is -0.130. The predicted molar refractivity (Wildman–Crippen MR) is 62.8 cm³/mol. The van der Waals surface area contributed by atoms with Gasteiger partial charge in [-0.2, -0.15) is 0 Å². The number of ketones is 2. The van der Waals surface area contributed by atoms with Crippen molar-refractivity contribution in [2.45, 2.75) is 59.8 Å². The van der Waals surface area contributed by atoms with Crippen molar-refractivity contribution in [3.8, 4) is 0 Å². The zero-order valence-electron chi connectivity index (χ0n) is 10.5. The highest BCUT2D eigenvalue weighted by atomic mass is 16.1. The van der Waals surface area contributed by atoms with E-state index < -0.39 is 0 Å². The molecule has 0 rings (SSSR count). The molecular weight excluding hydrogens is 188 g/mol. The Balaban J connectivity index is 4.09. The largest absolute Gasteiger partial charge is 0.299 e. The minimum absolute atomic E-state index is 0.0161. The van der Waals surface area contributed by atoms with Crippen molar-refractivity contribution < 1.29 is 9.59 Å². The maximum atomic E-state index is 11.8. The van der Waals surface area contributed by atoms with Crippen LogP contribution in [0.4, 0.5) is 0 Å². The van der Waals surface area contributed by atoms with Gasteiger partial charge in [0.1, 0.15) is 11.6 Å². The van der Waals surface area contributed by atoms with Crippen molar-refractivity contribution in [2.24, 2.45) is 11.8 Å². The summed E-state index contributed by atoms with van der Waals surface area (Å²) < 4.78 is 0. The summed E-state index contributed by atoms with van der Waals surface area (Å²) in [5.74, 6) is 0.310. The van der Waals surface area contributed by atoms with Crippen LogP contribution in [-0.4, -0.2) is 11.6 Å². The lowest BCUT2D eigenvalue weighted by atomic mass is 9.90.